The summed E-state index contributed by atoms with van der Waals surface area (Å²) in [6.45, 7) is 0.502. The van der Waals surface area contributed by atoms with Gasteiger partial charge < -0.3 is 25.4 Å². The number of nitrogens with one attached hydrogen (secondary N) is 1. The van der Waals surface area contributed by atoms with E-state index in [2.05, 4.69) is 5.32 Å². The molecule has 2 rings (SSSR count). The molecule has 1 aliphatic rings. The van der Waals surface area contributed by atoms with Crippen LogP contribution in [0.2, 0.25) is 0 Å². The third-order valence-electron chi connectivity index (χ3n) is 3.32. The molecule has 1 aromatic carbocycles. The average molecular weight is 295 g/mol. The van der Waals surface area contributed by atoms with Crippen LogP contribution < -0.4 is 5.32 Å². The number of ether oxygens (including phenoxy) is 1. The van der Waals surface area contributed by atoms with E-state index in [0.717, 1.165) is 6.42 Å². The Labute approximate surface area is 121 Å². The summed E-state index contributed by atoms with van der Waals surface area (Å²) >= 11 is 0. The molecule has 1 amide bonds. The molecular weight excluding hydrogens is 278 g/mol. The van der Waals surface area contributed by atoms with Gasteiger partial charge in [-0.25, -0.2) is 4.79 Å². The van der Waals surface area contributed by atoms with Gasteiger partial charge in [0, 0.05) is 13.0 Å². The molecule has 21 heavy (non-hydrogen) atoms. The van der Waals surface area contributed by atoms with Gasteiger partial charge in [0.2, 0.25) is 5.91 Å². The summed E-state index contributed by atoms with van der Waals surface area (Å²) in [6, 6.07) is 2.91. The SMILES string of the molecule is O=C(O)C(Cc1ccc(O)c(O)c1)NC(=O)[C@H]1CCCO1. The smallest absolute Gasteiger partial charge is 0.326 e. The number of hydrogen-bond acceptors (Lipinski definition) is 5. The first-order chi connectivity index (χ1) is 9.97. The molecule has 1 aromatic rings. The molecule has 7 nitrogen and oxygen atoms in total. The molecule has 1 aliphatic heterocycles. The maximum Gasteiger partial charge on any atom is 0.326 e. The van der Waals surface area contributed by atoms with Crippen LogP contribution in [0.5, 0.6) is 11.5 Å². The van der Waals surface area contributed by atoms with Gasteiger partial charge in [-0.2, -0.15) is 0 Å². The predicted molar refractivity (Wildman–Crippen MR) is 72.0 cm³/mol. The number of carbonyl (C=O) groups is 2. The van der Waals surface area contributed by atoms with E-state index in [1.165, 1.54) is 18.2 Å². The number of carboxylic acid groups (broad SMARTS) is 1. The minimum atomic E-state index is -1.17. The van der Waals surface area contributed by atoms with E-state index >= 15 is 0 Å². The molecule has 1 unspecified atom stereocenters. The van der Waals surface area contributed by atoms with Crippen molar-refractivity contribution in [2.24, 2.45) is 0 Å². The first kappa shape index (κ1) is 15.1. The van der Waals surface area contributed by atoms with Gasteiger partial charge in [-0.3, -0.25) is 4.79 Å². The molecule has 7 heteroatoms. The maximum absolute atomic E-state index is 11.9. The second-order valence-corrected chi connectivity index (χ2v) is 4.93. The van der Waals surface area contributed by atoms with Crippen molar-refractivity contribution in [2.45, 2.75) is 31.4 Å². The zero-order chi connectivity index (χ0) is 15.4. The molecule has 0 aliphatic carbocycles. The lowest BCUT2D eigenvalue weighted by molar-refractivity contribution is -0.143. The average Bonchev–Trinajstić information content (AvgIpc) is 2.96. The Morgan fingerprint density at radius 3 is 2.67 bits per heavy atom. The van der Waals surface area contributed by atoms with Gasteiger partial charge in [-0.05, 0) is 30.5 Å². The number of phenolic OH excluding ortho intramolecular Hbond substituents is 2. The lowest BCUT2D eigenvalue weighted by atomic mass is 10.0. The van der Waals surface area contributed by atoms with Gasteiger partial charge in [-0.1, -0.05) is 6.07 Å². The van der Waals surface area contributed by atoms with Gasteiger partial charge >= 0.3 is 5.97 Å². The highest BCUT2D eigenvalue weighted by atomic mass is 16.5. The molecule has 1 fully saturated rings. The molecule has 0 spiro atoms. The normalized spacial score (nSPS) is 19.1. The van der Waals surface area contributed by atoms with E-state index < -0.39 is 24.0 Å². The highest BCUT2D eigenvalue weighted by Crippen LogP contribution is 2.25. The summed E-state index contributed by atoms with van der Waals surface area (Å²) in [7, 11) is 0. The fraction of sp³-hybridized carbons (Fsp3) is 0.429. The monoisotopic (exact) mass is 295 g/mol. The quantitative estimate of drug-likeness (QED) is 0.584. The zero-order valence-corrected chi connectivity index (χ0v) is 11.3. The van der Waals surface area contributed by atoms with Gasteiger partial charge in [-0.15, -0.1) is 0 Å². The number of aliphatic carboxylic acids is 1. The number of phenols is 2. The molecule has 1 saturated heterocycles. The standard InChI is InChI=1S/C14H17NO6/c16-10-4-3-8(7-11(10)17)6-9(14(19)20)15-13(18)12-2-1-5-21-12/h3-4,7,9,12,16-17H,1-2,5-6H2,(H,15,18)(H,19,20)/t9?,12-/m1/s1. The van der Waals surface area contributed by atoms with Crippen LogP contribution in [-0.2, 0) is 20.7 Å². The maximum atomic E-state index is 11.9. The number of aromatic hydroxyl groups is 2. The molecule has 2 atom stereocenters. The Morgan fingerprint density at radius 1 is 1.33 bits per heavy atom. The number of amides is 1. The predicted octanol–water partition coefficient (Wildman–Crippen LogP) is 0.389. The number of carboxylic acids is 1. The van der Waals surface area contributed by atoms with E-state index in [1.54, 1.807) is 0 Å². The van der Waals surface area contributed by atoms with Gasteiger partial charge in [0.25, 0.3) is 0 Å². The molecule has 1 heterocycles. The van der Waals surface area contributed by atoms with Crippen molar-refractivity contribution < 1.29 is 29.6 Å². The van der Waals surface area contributed by atoms with Crippen LogP contribution in [0.25, 0.3) is 0 Å². The third kappa shape index (κ3) is 3.85. The summed E-state index contributed by atoms with van der Waals surface area (Å²) < 4.78 is 5.20. The number of carbonyl (C=O) groups excluding carboxylic acids is 1. The van der Waals surface area contributed by atoms with Crippen molar-refractivity contribution in [1.29, 1.82) is 0 Å². The fourth-order valence-electron chi connectivity index (χ4n) is 2.18. The number of hydrogen-bond donors (Lipinski definition) is 4. The lowest BCUT2D eigenvalue weighted by Gasteiger charge is -2.17. The molecule has 0 radical (unpaired) electrons. The molecule has 0 bridgehead atoms. The van der Waals surface area contributed by atoms with Crippen LogP contribution in [0, 0.1) is 0 Å². The topological polar surface area (TPSA) is 116 Å². The van der Waals surface area contributed by atoms with Crippen molar-refractivity contribution in [3.05, 3.63) is 23.8 Å². The first-order valence-electron chi connectivity index (χ1n) is 6.63. The molecular formula is C14H17NO6. The summed E-state index contributed by atoms with van der Waals surface area (Å²) in [5, 5.41) is 30.2. The summed E-state index contributed by atoms with van der Waals surface area (Å²) in [6.07, 6.45) is 0.765. The number of rotatable bonds is 5. The van der Waals surface area contributed by atoms with Crippen molar-refractivity contribution >= 4 is 11.9 Å². The lowest BCUT2D eigenvalue weighted by Crippen LogP contribution is -2.46. The van der Waals surface area contributed by atoms with Crippen LogP contribution in [-0.4, -0.2) is 45.9 Å². The Hall–Kier alpha value is -2.28. The largest absolute Gasteiger partial charge is 0.504 e. The zero-order valence-electron chi connectivity index (χ0n) is 11.3. The summed E-state index contributed by atoms with van der Waals surface area (Å²) in [5.41, 5.74) is 0.491. The third-order valence-corrected chi connectivity index (χ3v) is 3.32. The van der Waals surface area contributed by atoms with Gasteiger partial charge in [0.15, 0.2) is 11.5 Å². The van der Waals surface area contributed by atoms with Crippen molar-refractivity contribution in [1.82, 2.24) is 5.32 Å². The van der Waals surface area contributed by atoms with E-state index in [1.807, 2.05) is 0 Å². The second-order valence-electron chi connectivity index (χ2n) is 4.93. The van der Waals surface area contributed by atoms with Crippen LogP contribution in [0.15, 0.2) is 18.2 Å². The van der Waals surface area contributed by atoms with Crippen LogP contribution in [0.3, 0.4) is 0 Å². The van der Waals surface area contributed by atoms with Crippen LogP contribution in [0.1, 0.15) is 18.4 Å². The van der Waals surface area contributed by atoms with E-state index in [4.69, 9.17) is 4.74 Å². The highest BCUT2D eigenvalue weighted by molar-refractivity contribution is 5.86. The van der Waals surface area contributed by atoms with Crippen molar-refractivity contribution in [3.8, 4) is 11.5 Å². The van der Waals surface area contributed by atoms with Crippen LogP contribution in [0.4, 0.5) is 0 Å². The van der Waals surface area contributed by atoms with E-state index in [0.29, 0.717) is 18.6 Å². The fourth-order valence-corrected chi connectivity index (χ4v) is 2.18. The highest BCUT2D eigenvalue weighted by Gasteiger charge is 2.28. The Morgan fingerprint density at radius 2 is 2.10 bits per heavy atom. The van der Waals surface area contributed by atoms with Crippen molar-refractivity contribution in [2.75, 3.05) is 6.61 Å². The second kappa shape index (κ2) is 6.45. The minimum Gasteiger partial charge on any atom is -0.504 e. The molecule has 4 N–H and O–H groups in total. The Kier molecular flexibility index (Phi) is 4.64. The minimum absolute atomic E-state index is 0.00162. The van der Waals surface area contributed by atoms with Gasteiger partial charge in [0.05, 0.1) is 0 Å². The number of benzene rings is 1. The summed E-state index contributed by atoms with van der Waals surface area (Å²) in [5.74, 6) is -2.23. The van der Waals surface area contributed by atoms with E-state index in [9.17, 15) is 24.9 Å². The first-order valence-corrected chi connectivity index (χ1v) is 6.63. The summed E-state index contributed by atoms with van der Waals surface area (Å²) in [4.78, 5) is 23.1. The van der Waals surface area contributed by atoms with Crippen LogP contribution >= 0.6 is 0 Å². The molecule has 0 saturated carbocycles. The van der Waals surface area contributed by atoms with E-state index in [-0.39, 0.29) is 17.9 Å². The Balaban J connectivity index is 2.03. The van der Waals surface area contributed by atoms with Crippen molar-refractivity contribution in [3.63, 3.8) is 0 Å². The molecule has 0 aromatic heterocycles. The Bertz CT molecular complexity index is 538. The van der Waals surface area contributed by atoms with Gasteiger partial charge in [0.1, 0.15) is 12.1 Å². The molecule has 114 valence electrons.